The molecule has 0 fully saturated rings. The Morgan fingerprint density at radius 3 is 2.48 bits per heavy atom. The van der Waals surface area contributed by atoms with E-state index in [1.54, 1.807) is 37.1 Å². The van der Waals surface area contributed by atoms with E-state index < -0.39 is 10.0 Å². The van der Waals surface area contributed by atoms with Crippen LogP contribution in [0.25, 0.3) is 0 Å². The van der Waals surface area contributed by atoms with E-state index in [1.807, 2.05) is 0 Å². The van der Waals surface area contributed by atoms with Gasteiger partial charge < -0.3 is 4.90 Å². The van der Waals surface area contributed by atoms with E-state index in [1.165, 1.54) is 4.31 Å². The van der Waals surface area contributed by atoms with Crippen molar-refractivity contribution in [2.45, 2.75) is 33.1 Å². The first-order valence-electron chi connectivity index (χ1n) is 7.65. The molecule has 0 saturated heterocycles. The van der Waals surface area contributed by atoms with Gasteiger partial charge in [-0.05, 0) is 31.0 Å². The van der Waals surface area contributed by atoms with Crippen molar-refractivity contribution in [2.24, 2.45) is 0 Å². The summed E-state index contributed by atoms with van der Waals surface area (Å²) in [6.07, 6.45) is 3.22. The van der Waals surface area contributed by atoms with E-state index in [9.17, 15) is 13.2 Å². The molecule has 1 amide bonds. The summed E-state index contributed by atoms with van der Waals surface area (Å²) in [5.41, 5.74) is 1.20. The number of hydrogen-bond acceptors (Lipinski definition) is 3. The number of sulfonamides is 1. The Morgan fingerprint density at radius 1 is 1.26 bits per heavy atom. The average molecular weight is 361 g/mol. The van der Waals surface area contributed by atoms with Gasteiger partial charge in [0.05, 0.1) is 11.9 Å². The number of halogens is 1. The standard InChI is InChI=1S/C16H25ClN2O3S/c1-5-6-11-18(3)16(20)10-12-19(23(4,21)22)15-9-7-8-14(17)13(15)2/h7-9H,5-6,10-12H2,1-4H3. The second kappa shape index (κ2) is 8.55. The molecular formula is C16H25ClN2O3S. The first-order chi connectivity index (χ1) is 10.7. The number of amides is 1. The zero-order valence-electron chi connectivity index (χ0n) is 14.2. The van der Waals surface area contributed by atoms with Gasteiger partial charge in [-0.1, -0.05) is 31.0 Å². The molecule has 1 aromatic carbocycles. The van der Waals surface area contributed by atoms with Gasteiger partial charge in [0.1, 0.15) is 0 Å². The van der Waals surface area contributed by atoms with Crippen LogP contribution >= 0.6 is 11.6 Å². The summed E-state index contributed by atoms with van der Waals surface area (Å²) >= 11 is 6.08. The number of rotatable bonds is 8. The van der Waals surface area contributed by atoms with Crippen LogP contribution < -0.4 is 4.31 Å². The van der Waals surface area contributed by atoms with Crippen molar-refractivity contribution in [2.75, 3.05) is 30.7 Å². The summed E-state index contributed by atoms with van der Waals surface area (Å²) in [4.78, 5) is 13.8. The molecule has 0 aromatic heterocycles. The highest BCUT2D eigenvalue weighted by Gasteiger charge is 2.21. The van der Waals surface area contributed by atoms with Crippen LogP contribution in [0.1, 0.15) is 31.7 Å². The highest BCUT2D eigenvalue weighted by molar-refractivity contribution is 7.92. The molecule has 1 aromatic rings. The van der Waals surface area contributed by atoms with Gasteiger partial charge in [0, 0.05) is 31.6 Å². The number of benzene rings is 1. The number of nitrogens with zero attached hydrogens (tertiary/aromatic N) is 2. The highest BCUT2D eigenvalue weighted by atomic mass is 35.5. The van der Waals surface area contributed by atoms with Crippen molar-refractivity contribution >= 4 is 33.2 Å². The van der Waals surface area contributed by atoms with E-state index in [2.05, 4.69) is 6.92 Å². The molecule has 0 aliphatic rings. The minimum atomic E-state index is -3.49. The Labute approximate surface area is 144 Å². The minimum Gasteiger partial charge on any atom is -0.346 e. The maximum atomic E-state index is 12.1. The lowest BCUT2D eigenvalue weighted by Gasteiger charge is -2.25. The third-order valence-corrected chi connectivity index (χ3v) is 5.30. The van der Waals surface area contributed by atoms with Gasteiger partial charge in [0.15, 0.2) is 0 Å². The van der Waals surface area contributed by atoms with Gasteiger partial charge in [-0.3, -0.25) is 9.10 Å². The van der Waals surface area contributed by atoms with E-state index >= 15 is 0 Å². The van der Waals surface area contributed by atoms with Crippen LogP contribution in [0, 0.1) is 6.92 Å². The minimum absolute atomic E-state index is 0.0632. The van der Waals surface area contributed by atoms with Crippen molar-refractivity contribution < 1.29 is 13.2 Å². The van der Waals surface area contributed by atoms with Crippen molar-refractivity contribution in [3.63, 3.8) is 0 Å². The molecule has 0 heterocycles. The molecule has 0 spiro atoms. The van der Waals surface area contributed by atoms with Crippen molar-refractivity contribution in [1.82, 2.24) is 4.90 Å². The third-order valence-electron chi connectivity index (χ3n) is 3.71. The third kappa shape index (κ3) is 5.70. The van der Waals surface area contributed by atoms with Crippen LogP contribution in [-0.2, 0) is 14.8 Å². The first kappa shape index (κ1) is 19.8. The molecule has 0 unspecified atom stereocenters. The number of anilines is 1. The SMILES string of the molecule is CCCCN(C)C(=O)CCN(c1cccc(Cl)c1C)S(C)(=O)=O. The predicted molar refractivity (Wildman–Crippen MR) is 95.5 cm³/mol. The first-order valence-corrected chi connectivity index (χ1v) is 9.88. The summed E-state index contributed by atoms with van der Waals surface area (Å²) < 4.78 is 25.5. The monoisotopic (exact) mass is 360 g/mol. The summed E-state index contributed by atoms with van der Waals surface area (Å²) in [6.45, 7) is 4.62. The van der Waals surface area contributed by atoms with Gasteiger partial charge in [-0.2, -0.15) is 0 Å². The lowest BCUT2D eigenvalue weighted by Crippen LogP contribution is -2.36. The number of unbranched alkanes of at least 4 members (excludes halogenated alkanes) is 1. The molecule has 0 aliphatic heterocycles. The zero-order valence-corrected chi connectivity index (χ0v) is 15.7. The molecule has 0 N–H and O–H groups in total. The lowest BCUT2D eigenvalue weighted by molar-refractivity contribution is -0.129. The molecule has 5 nitrogen and oxygen atoms in total. The Balaban J connectivity index is 2.90. The van der Waals surface area contributed by atoms with E-state index in [0.717, 1.165) is 19.1 Å². The molecule has 7 heteroatoms. The van der Waals surface area contributed by atoms with Crippen LogP contribution in [0.3, 0.4) is 0 Å². The number of hydrogen-bond donors (Lipinski definition) is 0. The Kier molecular flexibility index (Phi) is 7.35. The smallest absolute Gasteiger partial charge is 0.232 e. The van der Waals surface area contributed by atoms with Gasteiger partial charge >= 0.3 is 0 Å². The normalized spacial score (nSPS) is 11.3. The van der Waals surface area contributed by atoms with Crippen molar-refractivity contribution in [3.05, 3.63) is 28.8 Å². The van der Waals surface area contributed by atoms with E-state index in [4.69, 9.17) is 11.6 Å². The summed E-state index contributed by atoms with van der Waals surface area (Å²) in [6, 6.07) is 5.12. The maximum Gasteiger partial charge on any atom is 0.232 e. The molecule has 23 heavy (non-hydrogen) atoms. The van der Waals surface area contributed by atoms with Crippen LogP contribution in [0.5, 0.6) is 0 Å². The number of carbonyl (C=O) groups is 1. The summed E-state index contributed by atoms with van der Waals surface area (Å²) in [7, 11) is -1.75. The quantitative estimate of drug-likeness (QED) is 0.715. The second-order valence-electron chi connectivity index (χ2n) is 5.64. The topological polar surface area (TPSA) is 57.7 Å². The summed E-state index contributed by atoms with van der Waals surface area (Å²) in [5.74, 6) is -0.0632. The molecule has 0 bridgehead atoms. The lowest BCUT2D eigenvalue weighted by atomic mass is 10.2. The molecule has 0 saturated carbocycles. The fraction of sp³-hybridized carbons (Fsp3) is 0.562. The van der Waals surface area contributed by atoms with Gasteiger partial charge in [-0.15, -0.1) is 0 Å². The number of carbonyl (C=O) groups excluding carboxylic acids is 1. The van der Waals surface area contributed by atoms with Crippen LogP contribution in [-0.4, -0.2) is 45.6 Å². The Hall–Kier alpha value is -1.27. The largest absolute Gasteiger partial charge is 0.346 e. The second-order valence-corrected chi connectivity index (χ2v) is 7.95. The molecule has 0 radical (unpaired) electrons. The van der Waals surface area contributed by atoms with Gasteiger partial charge in [-0.25, -0.2) is 8.42 Å². The maximum absolute atomic E-state index is 12.1. The Morgan fingerprint density at radius 2 is 1.91 bits per heavy atom. The fourth-order valence-corrected chi connectivity index (χ4v) is 3.39. The predicted octanol–water partition coefficient (Wildman–Crippen LogP) is 3.06. The molecule has 0 atom stereocenters. The van der Waals surface area contributed by atoms with Gasteiger partial charge in [0.25, 0.3) is 0 Å². The van der Waals surface area contributed by atoms with Gasteiger partial charge in [0.2, 0.25) is 15.9 Å². The Bertz CT molecular complexity index is 647. The van der Waals surface area contributed by atoms with Crippen molar-refractivity contribution in [1.29, 1.82) is 0 Å². The average Bonchev–Trinajstić information content (AvgIpc) is 2.47. The van der Waals surface area contributed by atoms with E-state index in [-0.39, 0.29) is 18.9 Å². The zero-order chi connectivity index (χ0) is 17.6. The van der Waals surface area contributed by atoms with Crippen LogP contribution in [0.4, 0.5) is 5.69 Å². The molecular weight excluding hydrogens is 336 g/mol. The van der Waals surface area contributed by atoms with E-state index in [0.29, 0.717) is 22.8 Å². The van der Waals surface area contributed by atoms with Crippen LogP contribution in [0.2, 0.25) is 5.02 Å². The molecule has 0 aliphatic carbocycles. The van der Waals surface area contributed by atoms with Crippen LogP contribution in [0.15, 0.2) is 18.2 Å². The van der Waals surface area contributed by atoms with Crippen molar-refractivity contribution in [3.8, 4) is 0 Å². The molecule has 1 rings (SSSR count). The summed E-state index contributed by atoms with van der Waals surface area (Å²) in [5, 5.41) is 0.502. The fourth-order valence-electron chi connectivity index (χ4n) is 2.24. The highest BCUT2D eigenvalue weighted by Crippen LogP contribution is 2.28. The molecule has 130 valence electrons.